The van der Waals surface area contributed by atoms with Gasteiger partial charge in [0.2, 0.25) is 0 Å². The standard InChI is InChI=1S/C6H4BrClIN/c1-3-4(7)2-5(9)6(8)10-3/h2H,1H3. The summed E-state index contributed by atoms with van der Waals surface area (Å²) in [5.74, 6) is 0. The highest BCUT2D eigenvalue weighted by molar-refractivity contribution is 14.1. The number of pyridine rings is 1. The molecule has 0 saturated carbocycles. The van der Waals surface area contributed by atoms with Crippen LogP contribution in [0.2, 0.25) is 5.15 Å². The third-order valence-electron chi connectivity index (χ3n) is 1.06. The second-order valence-corrected chi connectivity index (χ2v) is 4.20. The van der Waals surface area contributed by atoms with Gasteiger partial charge in [-0.2, -0.15) is 0 Å². The Morgan fingerprint density at radius 2 is 2.30 bits per heavy atom. The Balaban J connectivity index is 3.28. The van der Waals surface area contributed by atoms with E-state index in [0.29, 0.717) is 5.15 Å². The largest absolute Gasteiger partial charge is 0.239 e. The smallest absolute Gasteiger partial charge is 0.142 e. The van der Waals surface area contributed by atoms with E-state index in [9.17, 15) is 0 Å². The monoisotopic (exact) mass is 331 g/mol. The number of nitrogens with zero attached hydrogens (tertiary/aromatic N) is 1. The molecule has 0 atom stereocenters. The van der Waals surface area contributed by atoms with Gasteiger partial charge in [0.1, 0.15) is 5.15 Å². The van der Waals surface area contributed by atoms with E-state index in [1.54, 1.807) is 0 Å². The van der Waals surface area contributed by atoms with Crippen molar-refractivity contribution in [2.75, 3.05) is 0 Å². The average molecular weight is 332 g/mol. The molecule has 1 nitrogen and oxygen atoms in total. The molecule has 1 rings (SSSR count). The fourth-order valence-electron chi connectivity index (χ4n) is 0.529. The first-order valence-corrected chi connectivity index (χ1v) is 4.84. The van der Waals surface area contributed by atoms with Crippen LogP contribution >= 0.6 is 50.1 Å². The second kappa shape index (κ2) is 3.36. The van der Waals surface area contributed by atoms with E-state index >= 15 is 0 Å². The molecule has 0 amide bonds. The van der Waals surface area contributed by atoms with E-state index in [2.05, 4.69) is 43.5 Å². The van der Waals surface area contributed by atoms with Crippen molar-refractivity contribution in [2.24, 2.45) is 0 Å². The summed E-state index contributed by atoms with van der Waals surface area (Å²) in [6.07, 6.45) is 0. The van der Waals surface area contributed by atoms with Crippen molar-refractivity contribution in [3.63, 3.8) is 0 Å². The number of aromatic nitrogens is 1. The minimum Gasteiger partial charge on any atom is -0.239 e. The van der Waals surface area contributed by atoms with Gasteiger partial charge in [-0.3, -0.25) is 0 Å². The molecule has 0 bridgehead atoms. The van der Waals surface area contributed by atoms with Gasteiger partial charge in [-0.15, -0.1) is 0 Å². The Morgan fingerprint density at radius 3 is 2.80 bits per heavy atom. The molecular weight excluding hydrogens is 328 g/mol. The minimum absolute atomic E-state index is 0.571. The molecule has 1 aromatic rings. The maximum Gasteiger partial charge on any atom is 0.142 e. The molecule has 10 heavy (non-hydrogen) atoms. The summed E-state index contributed by atoms with van der Waals surface area (Å²) in [6.45, 7) is 1.91. The Kier molecular flexibility index (Phi) is 2.94. The minimum atomic E-state index is 0.571. The van der Waals surface area contributed by atoms with Crippen LogP contribution in [0.4, 0.5) is 0 Å². The quantitative estimate of drug-likeness (QED) is 0.524. The molecule has 0 aliphatic heterocycles. The number of hydrogen-bond donors (Lipinski definition) is 0. The van der Waals surface area contributed by atoms with Crippen molar-refractivity contribution in [1.82, 2.24) is 4.98 Å². The zero-order valence-electron chi connectivity index (χ0n) is 5.16. The van der Waals surface area contributed by atoms with Gasteiger partial charge in [-0.05, 0) is 51.5 Å². The van der Waals surface area contributed by atoms with Gasteiger partial charge in [-0.1, -0.05) is 11.6 Å². The maximum atomic E-state index is 5.75. The van der Waals surface area contributed by atoms with Crippen LogP contribution in [0.15, 0.2) is 10.5 Å². The topological polar surface area (TPSA) is 12.9 Å². The molecule has 4 heteroatoms. The van der Waals surface area contributed by atoms with Gasteiger partial charge in [0.05, 0.1) is 9.26 Å². The predicted octanol–water partition coefficient (Wildman–Crippen LogP) is 3.41. The highest BCUT2D eigenvalue weighted by Crippen LogP contribution is 2.22. The predicted molar refractivity (Wildman–Crippen MR) is 54.4 cm³/mol. The number of hydrogen-bond acceptors (Lipinski definition) is 1. The molecule has 0 saturated heterocycles. The fraction of sp³-hybridized carbons (Fsp3) is 0.167. The molecule has 0 fully saturated rings. The van der Waals surface area contributed by atoms with E-state index in [1.807, 2.05) is 13.0 Å². The molecule has 54 valence electrons. The summed E-state index contributed by atoms with van der Waals surface area (Å²) >= 11 is 11.2. The van der Waals surface area contributed by atoms with Crippen LogP contribution in [-0.2, 0) is 0 Å². The van der Waals surface area contributed by atoms with Crippen molar-refractivity contribution in [3.8, 4) is 0 Å². The van der Waals surface area contributed by atoms with Gasteiger partial charge in [0.25, 0.3) is 0 Å². The SMILES string of the molecule is Cc1nc(Cl)c(I)cc1Br. The van der Waals surface area contributed by atoms with E-state index in [1.165, 1.54) is 0 Å². The van der Waals surface area contributed by atoms with E-state index in [4.69, 9.17) is 11.6 Å². The number of aryl methyl sites for hydroxylation is 1. The van der Waals surface area contributed by atoms with Crippen LogP contribution in [0, 0.1) is 10.5 Å². The van der Waals surface area contributed by atoms with Gasteiger partial charge >= 0.3 is 0 Å². The van der Waals surface area contributed by atoms with Gasteiger partial charge in [0, 0.05) is 4.47 Å². The maximum absolute atomic E-state index is 5.75. The van der Waals surface area contributed by atoms with Crippen LogP contribution in [0.1, 0.15) is 5.69 Å². The van der Waals surface area contributed by atoms with E-state index in [0.717, 1.165) is 13.7 Å². The van der Waals surface area contributed by atoms with Crippen molar-refractivity contribution < 1.29 is 0 Å². The first-order valence-electron chi connectivity index (χ1n) is 2.59. The van der Waals surface area contributed by atoms with Gasteiger partial charge < -0.3 is 0 Å². The summed E-state index contributed by atoms with van der Waals surface area (Å²) in [6, 6.07) is 1.95. The van der Waals surface area contributed by atoms with Crippen molar-refractivity contribution in [3.05, 3.63) is 25.0 Å². The van der Waals surface area contributed by atoms with E-state index < -0.39 is 0 Å². The molecule has 0 radical (unpaired) electrons. The Labute approximate surface area is 86.4 Å². The molecular formula is C6H4BrClIN. The normalized spacial score (nSPS) is 10.0. The summed E-state index contributed by atoms with van der Waals surface area (Å²) < 4.78 is 1.97. The average Bonchev–Trinajstić information content (AvgIpc) is 1.84. The van der Waals surface area contributed by atoms with Gasteiger partial charge in [0.15, 0.2) is 0 Å². The van der Waals surface area contributed by atoms with Crippen molar-refractivity contribution >= 4 is 50.1 Å². The van der Waals surface area contributed by atoms with Crippen molar-refractivity contribution in [2.45, 2.75) is 6.92 Å². The molecule has 1 heterocycles. The van der Waals surface area contributed by atoms with E-state index in [-0.39, 0.29) is 0 Å². The molecule has 1 aromatic heterocycles. The summed E-state index contributed by atoms with van der Waals surface area (Å²) in [4.78, 5) is 4.08. The van der Waals surface area contributed by atoms with Crippen LogP contribution in [0.25, 0.3) is 0 Å². The van der Waals surface area contributed by atoms with Crippen LogP contribution in [0.3, 0.4) is 0 Å². The zero-order valence-corrected chi connectivity index (χ0v) is 9.66. The van der Waals surface area contributed by atoms with Crippen LogP contribution in [-0.4, -0.2) is 4.98 Å². The first-order chi connectivity index (χ1) is 4.61. The third kappa shape index (κ3) is 1.83. The number of rotatable bonds is 0. The molecule has 0 aliphatic rings. The number of halogens is 3. The summed E-state index contributed by atoms with van der Waals surface area (Å²) in [5, 5.41) is 0.571. The molecule has 0 aromatic carbocycles. The highest BCUT2D eigenvalue weighted by Gasteiger charge is 2.01. The Morgan fingerprint density at radius 1 is 1.70 bits per heavy atom. The molecule has 0 N–H and O–H groups in total. The molecule has 0 spiro atoms. The first kappa shape index (κ1) is 8.74. The molecule has 0 unspecified atom stereocenters. The zero-order chi connectivity index (χ0) is 7.72. The lowest BCUT2D eigenvalue weighted by atomic mass is 10.4. The fourth-order valence-corrected chi connectivity index (χ4v) is 1.89. The third-order valence-corrected chi connectivity index (χ3v) is 3.29. The Hall–Kier alpha value is 0.650. The van der Waals surface area contributed by atoms with Crippen LogP contribution in [0.5, 0.6) is 0 Å². The Bertz CT molecular complexity index is 214. The second-order valence-electron chi connectivity index (χ2n) is 1.83. The van der Waals surface area contributed by atoms with Crippen LogP contribution < -0.4 is 0 Å². The summed E-state index contributed by atoms with van der Waals surface area (Å²) in [7, 11) is 0. The lowest BCUT2D eigenvalue weighted by Crippen LogP contribution is -1.86. The van der Waals surface area contributed by atoms with Gasteiger partial charge in [-0.25, -0.2) is 4.98 Å². The molecule has 0 aliphatic carbocycles. The lowest BCUT2D eigenvalue weighted by Gasteiger charge is -1.98. The lowest BCUT2D eigenvalue weighted by molar-refractivity contribution is 1.17. The van der Waals surface area contributed by atoms with Crippen molar-refractivity contribution in [1.29, 1.82) is 0 Å². The summed E-state index contributed by atoms with van der Waals surface area (Å²) in [5.41, 5.74) is 0.922. The highest BCUT2D eigenvalue weighted by atomic mass is 127.